The van der Waals surface area contributed by atoms with Gasteiger partial charge in [0.15, 0.2) is 5.60 Å². The van der Waals surface area contributed by atoms with Crippen LogP contribution in [0.2, 0.25) is 0 Å². The highest BCUT2D eigenvalue weighted by molar-refractivity contribution is 5.26. The van der Waals surface area contributed by atoms with Crippen molar-refractivity contribution >= 4 is 0 Å². The molecule has 3 saturated heterocycles. The van der Waals surface area contributed by atoms with Crippen LogP contribution in [0.25, 0.3) is 0 Å². The molecule has 4 fully saturated rings. The molecule has 1 aliphatic carbocycles. The first kappa shape index (κ1) is 15.7. The van der Waals surface area contributed by atoms with Gasteiger partial charge in [0.2, 0.25) is 17.8 Å². The third kappa shape index (κ3) is 2.02. The number of hydrogen-bond acceptors (Lipinski definition) is 4. The van der Waals surface area contributed by atoms with E-state index in [4.69, 9.17) is 19.2 Å². The van der Waals surface area contributed by atoms with Crippen molar-refractivity contribution in [3.8, 4) is 0 Å². The van der Waals surface area contributed by atoms with Crippen LogP contribution in [0.5, 0.6) is 0 Å². The lowest BCUT2D eigenvalue weighted by atomic mass is 9.59. The second-order valence-electron chi connectivity index (χ2n) is 7.48. The minimum absolute atomic E-state index is 0.0558. The zero-order chi connectivity index (χ0) is 16.6. The first-order valence-corrected chi connectivity index (χ1v) is 8.17. The maximum absolute atomic E-state index is 13.4. The SMILES string of the molecule is CC1=C(C(F)(F)F)O[C@@H]2O[C@]3(C)CC[C@H]4[C@H](C)CC[C@@H]1[C@@]24OO3. The maximum atomic E-state index is 13.4. The zero-order valence-corrected chi connectivity index (χ0v) is 13.4. The van der Waals surface area contributed by atoms with E-state index < -0.39 is 35.5 Å². The van der Waals surface area contributed by atoms with Crippen LogP contribution in [0, 0.1) is 17.8 Å². The van der Waals surface area contributed by atoms with Crippen LogP contribution in [0.4, 0.5) is 13.2 Å². The average Bonchev–Trinajstić information content (AvgIpc) is 2.68. The highest BCUT2D eigenvalue weighted by atomic mass is 19.4. The summed E-state index contributed by atoms with van der Waals surface area (Å²) in [7, 11) is 0. The molecule has 0 aromatic rings. The van der Waals surface area contributed by atoms with Gasteiger partial charge in [0.05, 0.1) is 0 Å². The van der Waals surface area contributed by atoms with Crippen molar-refractivity contribution in [3.05, 3.63) is 11.3 Å². The molecule has 0 aromatic heterocycles. The zero-order valence-electron chi connectivity index (χ0n) is 13.4. The number of rotatable bonds is 0. The summed E-state index contributed by atoms with van der Waals surface area (Å²) in [4.78, 5) is 11.3. The maximum Gasteiger partial charge on any atom is 0.448 e. The molecule has 0 N–H and O–H groups in total. The van der Waals surface area contributed by atoms with Crippen LogP contribution in [-0.2, 0) is 19.2 Å². The smallest absolute Gasteiger partial charge is 0.448 e. The number of ether oxygens (including phenoxy) is 2. The molecular weight excluding hydrogens is 313 g/mol. The fourth-order valence-corrected chi connectivity index (χ4v) is 4.90. The van der Waals surface area contributed by atoms with Gasteiger partial charge < -0.3 is 9.47 Å². The van der Waals surface area contributed by atoms with Crippen molar-refractivity contribution < 1.29 is 32.4 Å². The number of halogens is 3. The lowest BCUT2D eigenvalue weighted by Gasteiger charge is -2.57. The van der Waals surface area contributed by atoms with E-state index in [1.165, 1.54) is 6.92 Å². The molecule has 0 amide bonds. The van der Waals surface area contributed by atoms with Crippen LogP contribution in [0.1, 0.15) is 46.5 Å². The van der Waals surface area contributed by atoms with Crippen molar-refractivity contribution in [1.82, 2.24) is 0 Å². The van der Waals surface area contributed by atoms with Crippen molar-refractivity contribution in [2.45, 2.75) is 70.3 Å². The van der Waals surface area contributed by atoms with Gasteiger partial charge in [0.1, 0.15) is 0 Å². The van der Waals surface area contributed by atoms with Crippen LogP contribution in [0.15, 0.2) is 11.3 Å². The number of allylic oxidation sites excluding steroid dienone is 1. The second kappa shape index (κ2) is 4.64. The van der Waals surface area contributed by atoms with E-state index in [-0.39, 0.29) is 11.5 Å². The number of hydrogen-bond donors (Lipinski definition) is 0. The van der Waals surface area contributed by atoms with Gasteiger partial charge in [-0.05, 0) is 44.6 Å². The summed E-state index contributed by atoms with van der Waals surface area (Å²) in [5.74, 6) is -2.00. The molecule has 2 bridgehead atoms. The highest BCUT2D eigenvalue weighted by Crippen LogP contribution is 2.61. The lowest BCUT2D eigenvalue weighted by molar-refractivity contribution is -0.557. The number of fused-ring (bicyclic) bond motifs is 2. The van der Waals surface area contributed by atoms with Crippen molar-refractivity contribution in [3.63, 3.8) is 0 Å². The minimum atomic E-state index is -4.53. The predicted octanol–water partition coefficient (Wildman–Crippen LogP) is 4.07. The predicted molar refractivity (Wildman–Crippen MR) is 72.6 cm³/mol. The Hall–Kier alpha value is -0.790. The average molecular weight is 334 g/mol. The molecule has 7 heteroatoms. The van der Waals surface area contributed by atoms with E-state index in [9.17, 15) is 13.2 Å². The standard InChI is InChI=1S/C16H21F3O4/c1-8-4-5-11-9(2)12(16(17,18)19)20-13-15(11)10(8)6-7-14(3,21-13)22-23-15/h8,10-11,13H,4-7H2,1-3H3/t8-,10+,11+,13-,14+,15-/m1/s1. The largest absolute Gasteiger partial charge is 0.456 e. The Morgan fingerprint density at radius 2 is 1.87 bits per heavy atom. The van der Waals surface area contributed by atoms with E-state index in [1.807, 2.05) is 0 Å². The second-order valence-corrected chi connectivity index (χ2v) is 7.48. The van der Waals surface area contributed by atoms with Gasteiger partial charge in [0, 0.05) is 18.3 Å². The molecule has 1 spiro atoms. The summed E-state index contributed by atoms with van der Waals surface area (Å²) >= 11 is 0. The third-order valence-electron chi connectivity index (χ3n) is 6.08. The summed E-state index contributed by atoms with van der Waals surface area (Å²) in [6, 6.07) is 0. The fourth-order valence-electron chi connectivity index (χ4n) is 4.90. The molecule has 5 rings (SSSR count). The Morgan fingerprint density at radius 3 is 2.57 bits per heavy atom. The normalized spacial score (nSPS) is 49.5. The Labute approximate surface area is 132 Å². The summed E-state index contributed by atoms with van der Waals surface area (Å²) in [6.45, 7) is 5.31. The molecule has 4 aliphatic heterocycles. The molecule has 0 radical (unpaired) electrons. The highest BCUT2D eigenvalue weighted by Gasteiger charge is 2.69. The summed E-state index contributed by atoms with van der Waals surface area (Å²) in [6.07, 6.45) is -2.75. The molecule has 23 heavy (non-hydrogen) atoms. The van der Waals surface area contributed by atoms with Gasteiger partial charge in [-0.1, -0.05) is 6.92 Å². The van der Waals surface area contributed by atoms with Crippen LogP contribution < -0.4 is 0 Å². The fraction of sp³-hybridized carbons (Fsp3) is 0.875. The van der Waals surface area contributed by atoms with Gasteiger partial charge in [0.25, 0.3) is 0 Å². The van der Waals surface area contributed by atoms with E-state index in [2.05, 4.69) is 6.92 Å². The van der Waals surface area contributed by atoms with Gasteiger partial charge in [-0.3, -0.25) is 0 Å². The molecule has 1 saturated carbocycles. The van der Waals surface area contributed by atoms with Gasteiger partial charge in [-0.25, -0.2) is 9.78 Å². The van der Waals surface area contributed by atoms with E-state index in [1.54, 1.807) is 6.92 Å². The molecule has 0 aromatic carbocycles. The molecule has 4 heterocycles. The van der Waals surface area contributed by atoms with Crippen LogP contribution >= 0.6 is 0 Å². The Bertz CT molecular complexity index is 560. The third-order valence-corrected chi connectivity index (χ3v) is 6.08. The van der Waals surface area contributed by atoms with E-state index >= 15 is 0 Å². The van der Waals surface area contributed by atoms with Crippen LogP contribution in [0.3, 0.4) is 0 Å². The Kier molecular flexibility index (Phi) is 3.17. The molecule has 0 unspecified atom stereocenters. The van der Waals surface area contributed by atoms with Crippen molar-refractivity contribution in [2.24, 2.45) is 17.8 Å². The summed E-state index contributed by atoms with van der Waals surface area (Å²) in [5.41, 5.74) is -0.782. The molecule has 4 nitrogen and oxygen atoms in total. The van der Waals surface area contributed by atoms with Crippen molar-refractivity contribution in [2.75, 3.05) is 0 Å². The van der Waals surface area contributed by atoms with E-state index in [0.29, 0.717) is 18.8 Å². The topological polar surface area (TPSA) is 36.9 Å². The molecule has 5 aliphatic rings. The molecule has 130 valence electrons. The summed E-state index contributed by atoms with van der Waals surface area (Å²) in [5, 5.41) is 0. The van der Waals surface area contributed by atoms with Gasteiger partial charge >= 0.3 is 6.18 Å². The molecule has 6 atom stereocenters. The van der Waals surface area contributed by atoms with Gasteiger partial charge in [-0.2, -0.15) is 13.2 Å². The van der Waals surface area contributed by atoms with Gasteiger partial charge in [-0.15, -0.1) is 0 Å². The lowest BCUT2D eigenvalue weighted by Crippen LogP contribution is -2.67. The quantitative estimate of drug-likeness (QED) is 0.626. The minimum Gasteiger partial charge on any atom is -0.456 e. The number of alkyl halides is 3. The summed E-state index contributed by atoms with van der Waals surface area (Å²) < 4.78 is 51.3. The Morgan fingerprint density at radius 1 is 1.13 bits per heavy atom. The van der Waals surface area contributed by atoms with E-state index in [0.717, 1.165) is 12.8 Å². The first-order chi connectivity index (χ1) is 10.7. The monoisotopic (exact) mass is 334 g/mol. The van der Waals surface area contributed by atoms with Crippen LogP contribution in [-0.4, -0.2) is 23.9 Å². The molecular formula is C16H21F3O4. The van der Waals surface area contributed by atoms with Crippen molar-refractivity contribution in [1.29, 1.82) is 0 Å². The first-order valence-electron chi connectivity index (χ1n) is 8.17. The Balaban J connectivity index is 1.87.